The molecule has 42 heavy (non-hydrogen) atoms. The van der Waals surface area contributed by atoms with Gasteiger partial charge in [-0.3, -0.25) is 9.78 Å². The predicted octanol–water partition coefficient (Wildman–Crippen LogP) is 8.06. The molecule has 1 unspecified atom stereocenters. The fourth-order valence-electron chi connectivity index (χ4n) is 5.60. The zero-order valence-electron chi connectivity index (χ0n) is 24.8. The quantitative estimate of drug-likeness (QED) is 0.156. The Kier molecular flexibility index (Phi) is 11.0. The number of pyridine rings is 3. The topological polar surface area (TPSA) is 97.2 Å². The van der Waals surface area contributed by atoms with Crippen LogP contribution in [0.1, 0.15) is 94.9 Å². The highest BCUT2D eigenvalue weighted by Gasteiger charge is 2.39. The van der Waals surface area contributed by atoms with Crippen molar-refractivity contribution >= 4 is 17.6 Å². The number of hydrogen-bond acceptors (Lipinski definition) is 7. The average molecular weight is 581 g/mol. The number of halogens is 2. The van der Waals surface area contributed by atoms with Crippen LogP contribution in [-0.4, -0.2) is 32.6 Å². The maximum atomic E-state index is 13.1. The van der Waals surface area contributed by atoms with Crippen LogP contribution in [0.4, 0.5) is 20.4 Å². The van der Waals surface area contributed by atoms with Gasteiger partial charge in [-0.15, -0.1) is 0 Å². The molecule has 3 heterocycles. The Morgan fingerprint density at radius 3 is 2.50 bits per heavy atom. The van der Waals surface area contributed by atoms with Crippen molar-refractivity contribution in [3.8, 4) is 11.3 Å². The lowest BCUT2D eigenvalue weighted by atomic mass is 9.73. The molecular weight excluding hydrogens is 538 g/mol. The summed E-state index contributed by atoms with van der Waals surface area (Å²) in [5.41, 5.74) is 1.66. The molecule has 1 saturated carbocycles. The van der Waals surface area contributed by atoms with Gasteiger partial charge in [-0.2, -0.15) is 0 Å². The molecule has 0 amide bonds. The highest BCUT2D eigenvalue weighted by Crippen LogP contribution is 2.41. The van der Waals surface area contributed by atoms with E-state index in [1.165, 1.54) is 37.6 Å². The highest BCUT2D eigenvalue weighted by molar-refractivity contribution is 5.72. The van der Waals surface area contributed by atoms with Crippen LogP contribution in [-0.2, 0) is 15.1 Å². The lowest BCUT2D eigenvalue weighted by Gasteiger charge is -2.37. The molecule has 1 aliphatic carbocycles. The van der Waals surface area contributed by atoms with E-state index in [0.29, 0.717) is 36.7 Å². The van der Waals surface area contributed by atoms with Crippen molar-refractivity contribution in [3.63, 3.8) is 0 Å². The number of aryl methyl sites for hydroxylation is 1. The number of aliphatic hydroxyl groups is 1. The smallest absolute Gasteiger partial charge is 0.308 e. The molecule has 1 atom stereocenters. The van der Waals surface area contributed by atoms with Crippen LogP contribution in [0, 0.1) is 18.8 Å². The van der Waals surface area contributed by atoms with E-state index in [2.05, 4.69) is 27.2 Å². The molecule has 0 bridgehead atoms. The fourth-order valence-corrected chi connectivity index (χ4v) is 5.60. The molecule has 0 aliphatic heterocycles. The zero-order chi connectivity index (χ0) is 30.1. The number of rotatable bonds is 13. The maximum absolute atomic E-state index is 13.1. The molecule has 1 fully saturated rings. The van der Waals surface area contributed by atoms with Gasteiger partial charge in [-0.05, 0) is 93.8 Å². The average Bonchev–Trinajstić information content (AvgIpc) is 2.98. The molecule has 4 rings (SSSR count). The molecule has 3 aromatic rings. The maximum Gasteiger partial charge on any atom is 0.308 e. The third kappa shape index (κ3) is 8.31. The van der Waals surface area contributed by atoms with Crippen molar-refractivity contribution in [2.24, 2.45) is 11.8 Å². The molecule has 0 aromatic carbocycles. The van der Waals surface area contributed by atoms with E-state index in [4.69, 9.17) is 4.74 Å². The van der Waals surface area contributed by atoms with Gasteiger partial charge >= 0.3 is 5.97 Å². The first-order valence-corrected chi connectivity index (χ1v) is 15.0. The van der Waals surface area contributed by atoms with E-state index in [0.717, 1.165) is 36.8 Å². The summed E-state index contributed by atoms with van der Waals surface area (Å²) >= 11 is 0. The Balaban J connectivity index is 1.35. The molecule has 0 saturated heterocycles. The van der Waals surface area contributed by atoms with E-state index in [-0.39, 0.29) is 29.2 Å². The van der Waals surface area contributed by atoms with Gasteiger partial charge < -0.3 is 15.2 Å². The number of hydrogen-bond donors (Lipinski definition) is 2. The van der Waals surface area contributed by atoms with Gasteiger partial charge in [0, 0.05) is 23.5 Å². The standard InChI is InChI=1S/C33H42F2N4O3/c1-4-5-6-7-8-17-42-32(40)23-9-12-26(13-10-23)33(3,41)28-14-11-25(21-37-28)27-18-22(2)19-30(38-27)39-29-20-24(31(34)35)15-16-36-29/h11,14-16,18-21,23,26,31,41H,4-10,12-13,17H2,1-3H3,(H,36,38,39)/t23-,26-,33?. The lowest BCUT2D eigenvalue weighted by Crippen LogP contribution is -2.37. The molecule has 0 radical (unpaired) electrons. The summed E-state index contributed by atoms with van der Waals surface area (Å²) in [4.78, 5) is 25.9. The van der Waals surface area contributed by atoms with Crippen molar-refractivity contribution in [2.75, 3.05) is 11.9 Å². The number of alkyl halides is 2. The summed E-state index contributed by atoms with van der Waals surface area (Å²) in [7, 11) is 0. The molecule has 2 N–H and O–H groups in total. The lowest BCUT2D eigenvalue weighted by molar-refractivity contribution is -0.151. The summed E-state index contributed by atoms with van der Waals surface area (Å²) in [6.07, 6.45) is 8.89. The summed E-state index contributed by atoms with van der Waals surface area (Å²) in [6.45, 7) is 6.39. The number of carbonyl (C=O) groups excluding carboxylic acids is 1. The van der Waals surface area contributed by atoms with Crippen LogP contribution in [0.3, 0.4) is 0 Å². The van der Waals surface area contributed by atoms with Gasteiger partial charge in [0.2, 0.25) is 0 Å². The first kappa shape index (κ1) is 31.5. The van der Waals surface area contributed by atoms with E-state index < -0.39 is 12.0 Å². The normalized spacial score (nSPS) is 18.5. The molecule has 3 aromatic heterocycles. The molecule has 226 valence electrons. The molecular formula is C33H42F2N4O3. The first-order chi connectivity index (χ1) is 20.2. The summed E-state index contributed by atoms with van der Waals surface area (Å²) in [6, 6.07) is 10.0. The van der Waals surface area contributed by atoms with Crippen molar-refractivity contribution in [3.05, 3.63) is 65.6 Å². The van der Waals surface area contributed by atoms with Gasteiger partial charge in [-0.1, -0.05) is 32.6 Å². The minimum Gasteiger partial charge on any atom is -0.465 e. The van der Waals surface area contributed by atoms with Crippen molar-refractivity contribution in [1.29, 1.82) is 0 Å². The van der Waals surface area contributed by atoms with E-state index in [1.54, 1.807) is 13.1 Å². The van der Waals surface area contributed by atoms with Crippen LogP contribution in [0.25, 0.3) is 11.3 Å². The Hall–Kier alpha value is -3.46. The molecule has 7 nitrogen and oxygen atoms in total. The number of carbonyl (C=O) groups is 1. The molecule has 9 heteroatoms. The Morgan fingerprint density at radius 2 is 1.81 bits per heavy atom. The second-order valence-corrected chi connectivity index (χ2v) is 11.5. The summed E-state index contributed by atoms with van der Waals surface area (Å²) in [5.74, 6) is 0.534. The van der Waals surface area contributed by atoms with Gasteiger partial charge in [0.25, 0.3) is 6.43 Å². The second kappa shape index (κ2) is 14.6. The van der Waals surface area contributed by atoms with Crippen LogP contribution in [0.5, 0.6) is 0 Å². The number of nitrogens with one attached hydrogen (secondary N) is 1. The first-order valence-electron chi connectivity index (χ1n) is 15.0. The SMILES string of the molecule is CCCCCCCOC(=O)[C@H]1CC[C@H](C(C)(O)c2ccc(-c3cc(C)cc(Nc4cc(C(F)F)ccn4)n3)cn2)CC1. The number of esters is 1. The molecule has 1 aliphatic rings. The second-order valence-electron chi connectivity index (χ2n) is 11.5. The Morgan fingerprint density at radius 1 is 1.05 bits per heavy atom. The van der Waals surface area contributed by atoms with Crippen LogP contribution >= 0.6 is 0 Å². The van der Waals surface area contributed by atoms with Crippen molar-refractivity contribution in [1.82, 2.24) is 15.0 Å². The van der Waals surface area contributed by atoms with Gasteiger partial charge in [0.1, 0.15) is 17.2 Å². The summed E-state index contributed by atoms with van der Waals surface area (Å²) < 4.78 is 31.7. The van der Waals surface area contributed by atoms with E-state index in [1.807, 2.05) is 31.2 Å². The Labute approximate surface area is 247 Å². The fraction of sp³-hybridized carbons (Fsp3) is 0.515. The van der Waals surface area contributed by atoms with Gasteiger partial charge in [0.05, 0.1) is 23.9 Å². The van der Waals surface area contributed by atoms with E-state index >= 15 is 0 Å². The minimum atomic E-state index is -2.59. The Bertz CT molecular complexity index is 1310. The van der Waals surface area contributed by atoms with Gasteiger partial charge in [0.15, 0.2) is 0 Å². The minimum absolute atomic E-state index is 0.0154. The monoisotopic (exact) mass is 580 g/mol. The third-order valence-corrected chi connectivity index (χ3v) is 8.19. The zero-order valence-corrected chi connectivity index (χ0v) is 24.8. The number of ether oxygens (including phenoxy) is 1. The van der Waals surface area contributed by atoms with Crippen molar-refractivity contribution < 1.29 is 23.4 Å². The van der Waals surface area contributed by atoms with Crippen LogP contribution in [0.2, 0.25) is 0 Å². The number of aromatic nitrogens is 3. The third-order valence-electron chi connectivity index (χ3n) is 8.19. The summed E-state index contributed by atoms with van der Waals surface area (Å²) in [5, 5.41) is 14.5. The van der Waals surface area contributed by atoms with Crippen LogP contribution in [0.15, 0.2) is 48.8 Å². The van der Waals surface area contributed by atoms with Crippen LogP contribution < -0.4 is 5.32 Å². The highest BCUT2D eigenvalue weighted by atomic mass is 19.3. The largest absolute Gasteiger partial charge is 0.465 e. The predicted molar refractivity (Wildman–Crippen MR) is 159 cm³/mol. The van der Waals surface area contributed by atoms with Crippen molar-refractivity contribution in [2.45, 2.75) is 90.6 Å². The van der Waals surface area contributed by atoms with E-state index in [9.17, 15) is 18.7 Å². The number of nitrogens with zero attached hydrogens (tertiary/aromatic N) is 3. The number of unbranched alkanes of at least 4 members (excludes halogenated alkanes) is 4. The number of anilines is 2. The molecule has 0 spiro atoms. The van der Waals surface area contributed by atoms with Gasteiger partial charge in [-0.25, -0.2) is 18.7 Å².